The van der Waals surface area contributed by atoms with Crippen LogP contribution in [-0.4, -0.2) is 29.2 Å². The quantitative estimate of drug-likeness (QED) is 0.647. The highest BCUT2D eigenvalue weighted by atomic mass is 32.2. The molecule has 1 amide bonds. The molecule has 7 heteroatoms. The van der Waals surface area contributed by atoms with E-state index in [1.807, 2.05) is 6.26 Å². The summed E-state index contributed by atoms with van der Waals surface area (Å²) in [7, 11) is 1.78. The Bertz CT molecular complexity index is 594. The number of thioether (sulfide) groups is 1. The van der Waals surface area contributed by atoms with Crippen LogP contribution >= 0.6 is 11.8 Å². The zero-order valence-electron chi connectivity index (χ0n) is 11.1. The second kappa shape index (κ2) is 6.25. The maximum Gasteiger partial charge on any atom is 0.248 e. The van der Waals surface area contributed by atoms with Gasteiger partial charge in [0.1, 0.15) is 11.6 Å². The van der Waals surface area contributed by atoms with Crippen molar-refractivity contribution in [2.75, 3.05) is 18.6 Å². The fraction of sp³-hybridized carbons (Fsp3) is 0.154. The second-order valence-electron chi connectivity index (χ2n) is 3.82. The lowest BCUT2D eigenvalue weighted by Gasteiger charge is -2.08. The molecule has 1 aromatic carbocycles. The molecule has 2 rings (SSSR count). The number of aromatic nitrogens is 2. The van der Waals surface area contributed by atoms with E-state index in [2.05, 4.69) is 15.3 Å². The molecule has 1 heterocycles. The number of anilines is 1. The Morgan fingerprint density at radius 2 is 2.00 bits per heavy atom. The molecule has 0 aliphatic heterocycles. The minimum Gasteiger partial charge on any atom is -0.439 e. The Kier molecular flexibility index (Phi) is 4.41. The van der Waals surface area contributed by atoms with Gasteiger partial charge in [-0.1, -0.05) is 11.8 Å². The van der Waals surface area contributed by atoms with Gasteiger partial charge in [0.15, 0.2) is 5.16 Å². The smallest absolute Gasteiger partial charge is 0.248 e. The van der Waals surface area contributed by atoms with E-state index in [-0.39, 0.29) is 0 Å². The van der Waals surface area contributed by atoms with Crippen molar-refractivity contribution in [3.8, 4) is 11.6 Å². The van der Waals surface area contributed by atoms with Crippen molar-refractivity contribution in [2.45, 2.75) is 5.16 Å². The molecule has 0 spiro atoms. The predicted octanol–water partition coefficient (Wildman–Crippen LogP) is 2.13. The van der Waals surface area contributed by atoms with E-state index in [1.54, 1.807) is 37.4 Å². The van der Waals surface area contributed by atoms with Gasteiger partial charge in [-0.05, 0) is 30.5 Å². The lowest BCUT2D eigenvalue weighted by atomic mass is 10.2. The first kappa shape index (κ1) is 14.1. The molecule has 20 heavy (non-hydrogen) atoms. The lowest BCUT2D eigenvalue weighted by molar-refractivity contribution is 0.100. The number of ether oxygens (including phenoxy) is 1. The van der Waals surface area contributed by atoms with Crippen LogP contribution in [0.5, 0.6) is 11.6 Å². The summed E-state index contributed by atoms with van der Waals surface area (Å²) in [6.45, 7) is 0. The molecule has 0 aliphatic carbocycles. The molecule has 0 unspecified atom stereocenters. The number of nitrogens with one attached hydrogen (secondary N) is 1. The van der Waals surface area contributed by atoms with Gasteiger partial charge < -0.3 is 15.8 Å². The summed E-state index contributed by atoms with van der Waals surface area (Å²) in [5.41, 5.74) is 5.61. The molecule has 0 atom stereocenters. The Hall–Kier alpha value is -2.28. The lowest BCUT2D eigenvalue weighted by Crippen LogP contribution is -2.10. The average molecular weight is 290 g/mol. The summed E-state index contributed by atoms with van der Waals surface area (Å²) in [4.78, 5) is 19.5. The van der Waals surface area contributed by atoms with Gasteiger partial charge in [-0.15, -0.1) is 0 Å². The Morgan fingerprint density at radius 1 is 1.30 bits per heavy atom. The number of hydrogen-bond donors (Lipinski definition) is 2. The highest BCUT2D eigenvalue weighted by molar-refractivity contribution is 7.98. The van der Waals surface area contributed by atoms with Crippen molar-refractivity contribution >= 4 is 23.5 Å². The van der Waals surface area contributed by atoms with E-state index in [0.717, 1.165) is 0 Å². The van der Waals surface area contributed by atoms with Crippen molar-refractivity contribution in [2.24, 2.45) is 5.73 Å². The molecule has 0 fully saturated rings. The summed E-state index contributed by atoms with van der Waals surface area (Å²) in [6, 6.07) is 8.24. The van der Waals surface area contributed by atoms with E-state index < -0.39 is 5.91 Å². The number of carbonyl (C=O) groups is 1. The first-order valence-corrected chi connectivity index (χ1v) is 7.03. The van der Waals surface area contributed by atoms with Gasteiger partial charge in [-0.3, -0.25) is 4.79 Å². The van der Waals surface area contributed by atoms with Crippen LogP contribution in [0.25, 0.3) is 0 Å². The number of nitrogens with zero attached hydrogens (tertiary/aromatic N) is 2. The molecule has 0 aliphatic rings. The number of amides is 1. The van der Waals surface area contributed by atoms with Gasteiger partial charge in [-0.2, -0.15) is 4.98 Å². The van der Waals surface area contributed by atoms with Crippen LogP contribution in [-0.2, 0) is 0 Å². The predicted molar refractivity (Wildman–Crippen MR) is 78.4 cm³/mol. The molecule has 0 radical (unpaired) electrons. The molecule has 0 bridgehead atoms. The van der Waals surface area contributed by atoms with Gasteiger partial charge in [0.25, 0.3) is 0 Å². The summed E-state index contributed by atoms with van der Waals surface area (Å²) in [5, 5.41) is 3.56. The summed E-state index contributed by atoms with van der Waals surface area (Å²) in [5.74, 6) is 1.21. The first-order valence-electron chi connectivity index (χ1n) is 5.81. The van der Waals surface area contributed by atoms with Crippen LogP contribution in [0.3, 0.4) is 0 Å². The molecule has 2 aromatic rings. The molecule has 6 nitrogen and oxygen atoms in total. The zero-order chi connectivity index (χ0) is 14.5. The van der Waals surface area contributed by atoms with Gasteiger partial charge in [0.2, 0.25) is 11.8 Å². The fourth-order valence-corrected chi connectivity index (χ4v) is 1.85. The van der Waals surface area contributed by atoms with Crippen LogP contribution in [0.15, 0.2) is 35.5 Å². The Morgan fingerprint density at radius 3 is 2.55 bits per heavy atom. The van der Waals surface area contributed by atoms with Crippen molar-refractivity contribution in [1.29, 1.82) is 0 Å². The minimum atomic E-state index is -0.472. The van der Waals surface area contributed by atoms with E-state index in [1.165, 1.54) is 11.8 Å². The zero-order valence-corrected chi connectivity index (χ0v) is 11.9. The summed E-state index contributed by atoms with van der Waals surface area (Å²) >= 11 is 1.43. The molecule has 1 aromatic heterocycles. The van der Waals surface area contributed by atoms with E-state index in [4.69, 9.17) is 10.5 Å². The molecular formula is C13H14N4O2S. The number of carbonyl (C=O) groups excluding carboxylic acids is 1. The Balaban J connectivity index is 2.22. The topological polar surface area (TPSA) is 90.1 Å². The van der Waals surface area contributed by atoms with Crippen molar-refractivity contribution in [3.05, 3.63) is 35.9 Å². The van der Waals surface area contributed by atoms with E-state index in [9.17, 15) is 4.79 Å². The normalized spacial score (nSPS) is 10.1. The van der Waals surface area contributed by atoms with Crippen LogP contribution in [0, 0.1) is 0 Å². The largest absolute Gasteiger partial charge is 0.439 e. The number of primary amides is 1. The van der Waals surface area contributed by atoms with Crippen LogP contribution in [0.1, 0.15) is 10.4 Å². The fourth-order valence-electron chi connectivity index (χ4n) is 1.48. The number of nitrogens with two attached hydrogens (primary N) is 1. The van der Waals surface area contributed by atoms with Gasteiger partial charge >= 0.3 is 0 Å². The van der Waals surface area contributed by atoms with E-state index >= 15 is 0 Å². The molecule has 0 saturated heterocycles. The summed E-state index contributed by atoms with van der Waals surface area (Å²) < 4.78 is 5.64. The highest BCUT2D eigenvalue weighted by Crippen LogP contribution is 2.24. The molecule has 3 N–H and O–H groups in total. The van der Waals surface area contributed by atoms with Crippen molar-refractivity contribution < 1.29 is 9.53 Å². The molecular weight excluding hydrogens is 276 g/mol. The minimum absolute atomic E-state index is 0.431. The van der Waals surface area contributed by atoms with Gasteiger partial charge in [0, 0.05) is 18.7 Å². The first-order chi connectivity index (χ1) is 9.62. The Labute approximate surface area is 120 Å². The number of hydrogen-bond acceptors (Lipinski definition) is 6. The third-order valence-electron chi connectivity index (χ3n) is 2.48. The monoisotopic (exact) mass is 290 g/mol. The van der Waals surface area contributed by atoms with Crippen LogP contribution in [0.4, 0.5) is 5.82 Å². The van der Waals surface area contributed by atoms with Gasteiger partial charge in [-0.25, -0.2) is 4.98 Å². The molecule has 0 saturated carbocycles. The van der Waals surface area contributed by atoms with Crippen LogP contribution < -0.4 is 15.8 Å². The van der Waals surface area contributed by atoms with Crippen molar-refractivity contribution in [3.63, 3.8) is 0 Å². The maximum absolute atomic E-state index is 11.0. The van der Waals surface area contributed by atoms with Gasteiger partial charge in [0.05, 0.1) is 0 Å². The standard InChI is InChI=1S/C13H14N4O2S/c1-15-10-7-11(17-13(16-10)20-2)19-9-5-3-8(4-6-9)12(14)18/h3-7H,1-2H3,(H2,14,18)(H,15,16,17). The van der Waals surface area contributed by atoms with Crippen molar-refractivity contribution in [1.82, 2.24) is 9.97 Å². The number of rotatable bonds is 5. The molecule has 104 valence electrons. The van der Waals surface area contributed by atoms with E-state index in [0.29, 0.717) is 28.2 Å². The van der Waals surface area contributed by atoms with Crippen LogP contribution in [0.2, 0.25) is 0 Å². The SMILES string of the molecule is CNc1cc(Oc2ccc(C(N)=O)cc2)nc(SC)n1. The highest BCUT2D eigenvalue weighted by Gasteiger charge is 2.06. The second-order valence-corrected chi connectivity index (χ2v) is 4.59. The number of benzene rings is 1. The third-order valence-corrected chi connectivity index (χ3v) is 3.03. The summed E-state index contributed by atoms with van der Waals surface area (Å²) in [6.07, 6.45) is 1.89. The maximum atomic E-state index is 11.0. The third kappa shape index (κ3) is 3.39. The average Bonchev–Trinajstić information content (AvgIpc) is 2.47.